The van der Waals surface area contributed by atoms with Crippen molar-refractivity contribution in [3.8, 4) is 0 Å². The number of hydrogen-bond acceptors (Lipinski definition) is 2. The second-order valence-electron chi connectivity index (χ2n) is 5.63. The molecule has 4 heteroatoms. The fraction of sp³-hybridized carbons (Fsp3) is 0.353. The van der Waals surface area contributed by atoms with Crippen LogP contribution in [0.4, 0.5) is 0 Å². The van der Waals surface area contributed by atoms with Crippen LogP contribution in [0.3, 0.4) is 0 Å². The minimum absolute atomic E-state index is 0.0279. The van der Waals surface area contributed by atoms with Crippen LogP contribution in [0.25, 0.3) is 10.8 Å². The fourth-order valence-electron chi connectivity index (χ4n) is 2.73. The Morgan fingerprint density at radius 3 is 2.62 bits per heavy atom. The highest BCUT2D eigenvalue weighted by Gasteiger charge is 2.36. The van der Waals surface area contributed by atoms with E-state index in [0.717, 1.165) is 27.4 Å². The Kier molecular flexibility index (Phi) is 4.27. The van der Waals surface area contributed by atoms with Crippen LogP contribution in [0.2, 0.25) is 0 Å². The quantitative estimate of drug-likeness (QED) is 0.858. The number of nitrogens with one attached hydrogen (secondary N) is 1. The average molecular weight is 364 g/mol. The summed E-state index contributed by atoms with van der Waals surface area (Å²) in [5.41, 5.74) is 0.736. The van der Waals surface area contributed by atoms with Crippen molar-refractivity contribution in [3.63, 3.8) is 0 Å². The molecular weight excluding hydrogens is 346 g/mol. The van der Waals surface area contributed by atoms with Crippen molar-refractivity contribution in [2.45, 2.75) is 24.0 Å². The normalized spacial score (nSPS) is 16.5. The molecule has 2 aromatic rings. The Labute approximate surface area is 137 Å². The Balaban J connectivity index is 1.74. The standard InChI is InChI=1S/C17H18BrNOS/c1-21-17(7-2-8-17)11-19-16(20)14-4-3-13-10-15(18)6-5-12(13)9-14/h3-6,9-10H,2,7-8,11H2,1H3,(H,19,20). The lowest BCUT2D eigenvalue weighted by Gasteiger charge is -2.40. The summed E-state index contributed by atoms with van der Waals surface area (Å²) in [6.07, 6.45) is 5.83. The minimum Gasteiger partial charge on any atom is -0.351 e. The number of carbonyl (C=O) groups is 1. The molecule has 110 valence electrons. The zero-order valence-corrected chi connectivity index (χ0v) is 14.4. The Morgan fingerprint density at radius 1 is 1.24 bits per heavy atom. The maximum atomic E-state index is 12.3. The van der Waals surface area contributed by atoms with E-state index < -0.39 is 0 Å². The number of rotatable bonds is 4. The van der Waals surface area contributed by atoms with Gasteiger partial charge in [-0.25, -0.2) is 0 Å². The van der Waals surface area contributed by atoms with Crippen LogP contribution < -0.4 is 5.32 Å². The fourth-order valence-corrected chi connectivity index (χ4v) is 4.02. The van der Waals surface area contributed by atoms with E-state index in [1.807, 2.05) is 42.1 Å². The van der Waals surface area contributed by atoms with Gasteiger partial charge in [0.25, 0.3) is 5.91 Å². The summed E-state index contributed by atoms with van der Waals surface area (Å²) in [4.78, 5) is 12.3. The number of thioether (sulfide) groups is 1. The van der Waals surface area contributed by atoms with Gasteiger partial charge in [0.15, 0.2) is 0 Å². The highest BCUT2D eigenvalue weighted by molar-refractivity contribution is 9.10. The molecule has 2 aromatic carbocycles. The molecule has 0 atom stereocenters. The van der Waals surface area contributed by atoms with E-state index >= 15 is 0 Å². The van der Waals surface area contributed by atoms with E-state index in [9.17, 15) is 4.79 Å². The van der Waals surface area contributed by atoms with Gasteiger partial charge in [0.2, 0.25) is 0 Å². The first kappa shape index (κ1) is 14.9. The van der Waals surface area contributed by atoms with Crippen LogP contribution in [0.15, 0.2) is 40.9 Å². The Morgan fingerprint density at radius 2 is 1.95 bits per heavy atom. The number of fused-ring (bicyclic) bond motifs is 1. The van der Waals surface area contributed by atoms with Crippen LogP contribution in [0.1, 0.15) is 29.6 Å². The van der Waals surface area contributed by atoms with Gasteiger partial charge in [-0.2, -0.15) is 11.8 Å². The first-order valence-corrected chi connectivity index (χ1v) is 9.16. The SMILES string of the molecule is CSC1(CNC(=O)c2ccc3cc(Br)ccc3c2)CCC1. The van der Waals surface area contributed by atoms with E-state index in [-0.39, 0.29) is 10.7 Å². The molecule has 3 rings (SSSR count). The van der Waals surface area contributed by atoms with Gasteiger partial charge in [-0.15, -0.1) is 0 Å². The summed E-state index contributed by atoms with van der Waals surface area (Å²) >= 11 is 5.35. The van der Waals surface area contributed by atoms with Crippen molar-refractivity contribution in [3.05, 3.63) is 46.4 Å². The highest BCUT2D eigenvalue weighted by Crippen LogP contribution is 2.42. The zero-order chi connectivity index (χ0) is 14.9. The van der Waals surface area contributed by atoms with Gasteiger partial charge in [-0.3, -0.25) is 4.79 Å². The van der Waals surface area contributed by atoms with Gasteiger partial charge in [0, 0.05) is 21.3 Å². The molecule has 0 bridgehead atoms. The monoisotopic (exact) mass is 363 g/mol. The van der Waals surface area contributed by atoms with Crippen molar-refractivity contribution in [1.82, 2.24) is 5.32 Å². The molecule has 1 amide bonds. The average Bonchev–Trinajstić information content (AvgIpc) is 2.45. The third-order valence-corrected chi connectivity index (χ3v) is 6.25. The molecule has 0 aromatic heterocycles. The summed E-state index contributed by atoms with van der Waals surface area (Å²) in [5.74, 6) is 0.0279. The lowest BCUT2D eigenvalue weighted by atomic mass is 9.84. The minimum atomic E-state index is 0.0279. The predicted octanol–water partition coefficient (Wildman–Crippen LogP) is 4.62. The van der Waals surface area contributed by atoms with E-state index in [4.69, 9.17) is 0 Å². The highest BCUT2D eigenvalue weighted by atomic mass is 79.9. The van der Waals surface area contributed by atoms with Gasteiger partial charge in [-0.1, -0.05) is 34.5 Å². The number of benzene rings is 2. The van der Waals surface area contributed by atoms with Gasteiger partial charge in [-0.05, 0) is 54.1 Å². The third-order valence-electron chi connectivity index (χ3n) is 4.33. The first-order chi connectivity index (χ1) is 10.1. The summed E-state index contributed by atoms with van der Waals surface area (Å²) in [6.45, 7) is 0.769. The molecule has 0 saturated heterocycles. The van der Waals surface area contributed by atoms with E-state index in [2.05, 4.69) is 33.6 Å². The zero-order valence-electron chi connectivity index (χ0n) is 12.0. The molecule has 0 unspecified atom stereocenters. The lowest BCUT2D eigenvalue weighted by Crippen LogP contribution is -2.45. The van der Waals surface area contributed by atoms with Crippen molar-refractivity contribution < 1.29 is 4.79 Å². The summed E-state index contributed by atoms with van der Waals surface area (Å²) in [7, 11) is 0. The van der Waals surface area contributed by atoms with Gasteiger partial charge >= 0.3 is 0 Å². The molecule has 0 radical (unpaired) electrons. The largest absolute Gasteiger partial charge is 0.351 e. The number of carbonyl (C=O) groups excluding carboxylic acids is 1. The van der Waals surface area contributed by atoms with E-state index in [0.29, 0.717) is 0 Å². The summed E-state index contributed by atoms with van der Waals surface area (Å²) in [6, 6.07) is 12.0. The maximum Gasteiger partial charge on any atom is 0.251 e. The smallest absolute Gasteiger partial charge is 0.251 e. The first-order valence-electron chi connectivity index (χ1n) is 7.15. The number of hydrogen-bond donors (Lipinski definition) is 1. The van der Waals surface area contributed by atoms with Crippen molar-refractivity contribution in [1.29, 1.82) is 0 Å². The molecule has 0 aliphatic heterocycles. The van der Waals surface area contributed by atoms with Crippen LogP contribution in [-0.4, -0.2) is 23.5 Å². The molecule has 1 N–H and O–H groups in total. The molecule has 1 fully saturated rings. The van der Waals surface area contributed by atoms with Crippen LogP contribution in [-0.2, 0) is 0 Å². The maximum absolute atomic E-state index is 12.3. The van der Waals surface area contributed by atoms with Gasteiger partial charge < -0.3 is 5.32 Å². The second kappa shape index (κ2) is 6.01. The molecule has 2 nitrogen and oxygen atoms in total. The molecule has 1 aliphatic carbocycles. The molecule has 1 saturated carbocycles. The Bertz CT molecular complexity index is 676. The van der Waals surface area contributed by atoms with E-state index in [1.165, 1.54) is 19.3 Å². The lowest BCUT2D eigenvalue weighted by molar-refractivity contribution is 0.0944. The Hall–Kier alpha value is -1.00. The topological polar surface area (TPSA) is 29.1 Å². The number of halogens is 1. The molecule has 1 aliphatic rings. The molecule has 0 spiro atoms. The molecule has 21 heavy (non-hydrogen) atoms. The van der Waals surface area contributed by atoms with Crippen LogP contribution >= 0.6 is 27.7 Å². The van der Waals surface area contributed by atoms with E-state index in [1.54, 1.807) is 0 Å². The van der Waals surface area contributed by atoms with Crippen molar-refractivity contribution in [2.24, 2.45) is 0 Å². The predicted molar refractivity (Wildman–Crippen MR) is 94.1 cm³/mol. The molecule has 0 heterocycles. The second-order valence-corrected chi connectivity index (χ2v) is 7.82. The van der Waals surface area contributed by atoms with Crippen molar-refractivity contribution in [2.75, 3.05) is 12.8 Å². The summed E-state index contributed by atoms with van der Waals surface area (Å²) in [5, 5.41) is 5.33. The molecular formula is C17H18BrNOS. The summed E-state index contributed by atoms with van der Waals surface area (Å²) < 4.78 is 1.33. The van der Waals surface area contributed by atoms with Crippen LogP contribution in [0.5, 0.6) is 0 Å². The number of amides is 1. The third kappa shape index (κ3) is 3.11. The van der Waals surface area contributed by atoms with Gasteiger partial charge in [0.1, 0.15) is 0 Å². The van der Waals surface area contributed by atoms with Gasteiger partial charge in [0.05, 0.1) is 0 Å². The van der Waals surface area contributed by atoms with Crippen molar-refractivity contribution >= 4 is 44.4 Å². The van der Waals surface area contributed by atoms with Crippen LogP contribution in [0, 0.1) is 0 Å².